The minimum absolute atomic E-state index is 0.0930. The van der Waals surface area contributed by atoms with Crippen molar-refractivity contribution in [3.05, 3.63) is 17.7 Å². The van der Waals surface area contributed by atoms with Gasteiger partial charge in [0.05, 0.1) is 18.5 Å². The Hall–Kier alpha value is -1.69. The Balaban J connectivity index is 3.03. The lowest BCUT2D eigenvalue weighted by molar-refractivity contribution is 0.0762. The van der Waals surface area contributed by atoms with Crippen molar-refractivity contribution < 1.29 is 9.90 Å². The highest BCUT2D eigenvalue weighted by molar-refractivity contribution is 5.96. The summed E-state index contributed by atoms with van der Waals surface area (Å²) in [5, 5.41) is 8.79. The average molecular weight is 238 g/mol. The van der Waals surface area contributed by atoms with Crippen molar-refractivity contribution in [1.82, 2.24) is 14.9 Å². The monoisotopic (exact) mass is 238 g/mol. The van der Waals surface area contributed by atoms with Gasteiger partial charge in [0, 0.05) is 19.5 Å². The Morgan fingerprint density at radius 2 is 2.24 bits per heavy atom. The maximum atomic E-state index is 12.0. The summed E-state index contributed by atoms with van der Waals surface area (Å²) in [6, 6.07) is 0. The van der Waals surface area contributed by atoms with Gasteiger partial charge >= 0.3 is 0 Å². The third-order valence-corrected chi connectivity index (χ3v) is 2.34. The fraction of sp³-hybridized carbons (Fsp3) is 0.545. The smallest absolute Gasteiger partial charge is 0.274 e. The molecule has 0 aliphatic carbocycles. The minimum atomic E-state index is -0.305. The number of hydrogen-bond acceptors (Lipinski definition) is 5. The number of aromatic nitrogens is 2. The lowest BCUT2D eigenvalue weighted by Gasteiger charge is -2.16. The van der Waals surface area contributed by atoms with Crippen molar-refractivity contribution in [2.75, 3.05) is 25.9 Å². The lowest BCUT2D eigenvalue weighted by atomic mass is 10.2. The summed E-state index contributed by atoms with van der Waals surface area (Å²) < 4.78 is 0. The largest absolute Gasteiger partial charge is 0.396 e. The van der Waals surface area contributed by atoms with Crippen LogP contribution in [-0.2, 0) is 0 Å². The summed E-state index contributed by atoms with van der Waals surface area (Å²) in [4.78, 5) is 21.6. The summed E-state index contributed by atoms with van der Waals surface area (Å²) in [7, 11) is 1.59. The molecule has 6 nitrogen and oxygen atoms in total. The summed E-state index contributed by atoms with van der Waals surface area (Å²) in [6.45, 7) is 4.04. The van der Waals surface area contributed by atoms with Crippen LogP contribution in [-0.4, -0.2) is 46.1 Å². The van der Waals surface area contributed by atoms with Crippen molar-refractivity contribution in [2.45, 2.75) is 19.8 Å². The molecule has 0 aromatic carbocycles. The van der Waals surface area contributed by atoms with Gasteiger partial charge in [0.15, 0.2) is 5.69 Å². The maximum Gasteiger partial charge on any atom is 0.274 e. The molecule has 1 amide bonds. The third kappa shape index (κ3) is 3.13. The molecule has 1 aromatic heterocycles. The quantitative estimate of drug-likeness (QED) is 0.784. The van der Waals surface area contributed by atoms with Gasteiger partial charge in [-0.25, -0.2) is 9.97 Å². The van der Waals surface area contributed by atoms with Crippen LogP contribution in [0.25, 0.3) is 0 Å². The van der Waals surface area contributed by atoms with Gasteiger partial charge in [0.25, 0.3) is 5.91 Å². The average Bonchev–Trinajstić information content (AvgIpc) is 2.28. The van der Waals surface area contributed by atoms with Crippen LogP contribution in [0.5, 0.6) is 0 Å². The van der Waals surface area contributed by atoms with E-state index in [9.17, 15) is 4.79 Å². The molecule has 17 heavy (non-hydrogen) atoms. The van der Waals surface area contributed by atoms with Crippen LogP contribution >= 0.6 is 0 Å². The van der Waals surface area contributed by atoms with Crippen molar-refractivity contribution >= 4 is 11.6 Å². The van der Waals surface area contributed by atoms with Gasteiger partial charge in [0.2, 0.25) is 0 Å². The molecule has 0 spiro atoms. The van der Waals surface area contributed by atoms with Crippen LogP contribution in [0.1, 0.15) is 36.1 Å². The Bertz CT molecular complexity index is 406. The van der Waals surface area contributed by atoms with Crippen LogP contribution in [0, 0.1) is 0 Å². The van der Waals surface area contributed by atoms with E-state index in [1.165, 1.54) is 11.1 Å². The first-order valence-electron chi connectivity index (χ1n) is 5.46. The molecule has 0 radical (unpaired) electrons. The maximum absolute atomic E-state index is 12.0. The van der Waals surface area contributed by atoms with Crippen LogP contribution in [0.3, 0.4) is 0 Å². The van der Waals surface area contributed by atoms with E-state index in [0.29, 0.717) is 5.82 Å². The lowest BCUT2D eigenvalue weighted by Crippen LogP contribution is -2.31. The van der Waals surface area contributed by atoms with Crippen LogP contribution in [0.2, 0.25) is 0 Å². The van der Waals surface area contributed by atoms with Crippen molar-refractivity contribution in [3.63, 3.8) is 0 Å². The van der Waals surface area contributed by atoms with Crippen LogP contribution in [0.4, 0.5) is 5.69 Å². The first-order chi connectivity index (χ1) is 7.97. The topological polar surface area (TPSA) is 92.3 Å². The summed E-state index contributed by atoms with van der Waals surface area (Å²) in [5.41, 5.74) is 6.14. The Morgan fingerprint density at radius 1 is 1.59 bits per heavy atom. The molecule has 0 atom stereocenters. The summed E-state index contributed by atoms with van der Waals surface area (Å²) in [5.74, 6) is 0.408. The number of likely N-dealkylation sites (N-methyl/N-ethyl adjacent to an activating group) is 1. The zero-order chi connectivity index (χ0) is 13.0. The van der Waals surface area contributed by atoms with Gasteiger partial charge < -0.3 is 15.7 Å². The van der Waals surface area contributed by atoms with Crippen LogP contribution < -0.4 is 5.73 Å². The number of aliphatic hydroxyl groups is 1. The van der Waals surface area contributed by atoms with Gasteiger partial charge in [-0.15, -0.1) is 0 Å². The summed E-state index contributed by atoms with van der Waals surface area (Å²) in [6.07, 6.45) is 1.45. The van der Waals surface area contributed by atoms with E-state index < -0.39 is 0 Å². The first-order valence-corrected chi connectivity index (χ1v) is 5.46. The molecule has 1 rings (SSSR count). The van der Waals surface area contributed by atoms with Gasteiger partial charge in [-0.05, 0) is 0 Å². The molecule has 0 unspecified atom stereocenters. The van der Waals surface area contributed by atoms with Crippen LogP contribution in [0.15, 0.2) is 6.20 Å². The predicted octanol–water partition coefficient (Wildman–Crippen LogP) is 0.246. The standard InChI is InChI=1S/C11H18N4O2/c1-7(2)10-13-6-8(12)9(14-10)11(17)15(3)4-5-16/h6-7,16H,4-5,12H2,1-3H3. The number of aliphatic hydroxyl groups excluding tert-OH is 1. The molecule has 6 heteroatoms. The number of hydrogen-bond donors (Lipinski definition) is 2. The minimum Gasteiger partial charge on any atom is -0.396 e. The molecule has 0 saturated heterocycles. The van der Waals surface area contributed by atoms with Gasteiger partial charge in [-0.2, -0.15) is 0 Å². The molecule has 0 bridgehead atoms. The summed E-state index contributed by atoms with van der Waals surface area (Å²) >= 11 is 0. The Kier molecular flexibility index (Phi) is 4.39. The second kappa shape index (κ2) is 5.58. The highest BCUT2D eigenvalue weighted by atomic mass is 16.3. The molecule has 0 aliphatic heterocycles. The number of nitrogens with two attached hydrogens (primary N) is 1. The molecule has 0 fully saturated rings. The van der Waals surface area contributed by atoms with E-state index in [2.05, 4.69) is 9.97 Å². The number of nitrogen functional groups attached to an aromatic ring is 1. The highest BCUT2D eigenvalue weighted by Gasteiger charge is 2.18. The molecule has 94 valence electrons. The Morgan fingerprint density at radius 3 is 2.76 bits per heavy atom. The molecule has 3 N–H and O–H groups in total. The van der Waals surface area contributed by atoms with E-state index in [1.54, 1.807) is 7.05 Å². The van der Waals surface area contributed by atoms with E-state index >= 15 is 0 Å². The van der Waals surface area contributed by atoms with Crippen molar-refractivity contribution in [3.8, 4) is 0 Å². The normalized spacial score (nSPS) is 10.6. The molecular weight excluding hydrogens is 220 g/mol. The molecular formula is C11H18N4O2. The second-order valence-corrected chi connectivity index (χ2v) is 4.14. The van der Waals surface area contributed by atoms with E-state index in [-0.39, 0.29) is 36.4 Å². The fourth-order valence-electron chi connectivity index (χ4n) is 1.29. The van der Waals surface area contributed by atoms with Gasteiger partial charge in [-0.3, -0.25) is 4.79 Å². The SMILES string of the molecule is CC(C)c1ncc(N)c(C(=O)N(C)CCO)n1. The number of rotatable bonds is 4. The Labute approximate surface area is 100 Å². The predicted molar refractivity (Wildman–Crippen MR) is 64.6 cm³/mol. The molecule has 1 heterocycles. The molecule has 0 aliphatic rings. The van der Waals surface area contributed by atoms with Gasteiger partial charge in [0.1, 0.15) is 5.82 Å². The van der Waals surface area contributed by atoms with E-state index in [1.807, 2.05) is 13.8 Å². The number of carbonyl (C=O) groups excluding carboxylic acids is 1. The first kappa shape index (κ1) is 13.4. The van der Waals surface area contributed by atoms with Crippen molar-refractivity contribution in [1.29, 1.82) is 0 Å². The van der Waals surface area contributed by atoms with Crippen molar-refractivity contribution in [2.24, 2.45) is 0 Å². The zero-order valence-electron chi connectivity index (χ0n) is 10.3. The zero-order valence-corrected chi connectivity index (χ0v) is 10.3. The third-order valence-electron chi connectivity index (χ3n) is 2.34. The van der Waals surface area contributed by atoms with E-state index in [4.69, 9.17) is 10.8 Å². The number of carbonyl (C=O) groups is 1. The van der Waals surface area contributed by atoms with E-state index in [0.717, 1.165) is 0 Å². The second-order valence-electron chi connectivity index (χ2n) is 4.14. The number of amides is 1. The molecule has 0 saturated carbocycles. The van der Waals surface area contributed by atoms with Gasteiger partial charge in [-0.1, -0.05) is 13.8 Å². The fourth-order valence-corrected chi connectivity index (χ4v) is 1.29. The highest BCUT2D eigenvalue weighted by Crippen LogP contribution is 2.14. The molecule has 1 aromatic rings. The number of anilines is 1. The number of nitrogens with zero attached hydrogens (tertiary/aromatic N) is 3.